The molecule has 17 nitrogen and oxygen atoms in total. The van der Waals surface area contributed by atoms with Crippen molar-refractivity contribution in [2.24, 2.45) is 17.8 Å². The highest BCUT2D eigenvalue weighted by Gasteiger charge is 2.30. The molecule has 0 saturated heterocycles. The van der Waals surface area contributed by atoms with E-state index in [2.05, 4.69) is 72.8 Å². The van der Waals surface area contributed by atoms with E-state index in [1.54, 1.807) is 0 Å². The Morgan fingerprint density at radius 1 is 0.326 bits per heavy atom. The second-order valence-electron chi connectivity index (χ2n) is 28.1. The fourth-order valence-electron chi connectivity index (χ4n) is 11.1. The molecule has 5 atom stereocenters. The van der Waals surface area contributed by atoms with Gasteiger partial charge in [-0.05, 0) is 69.1 Å². The fourth-order valence-corrected chi connectivity index (χ4v) is 12.6. The number of phosphoric ester groups is 2. The molecule has 0 aliphatic heterocycles. The Balaban J connectivity index is 5.29. The molecule has 0 heterocycles. The van der Waals surface area contributed by atoms with Gasteiger partial charge in [0.2, 0.25) is 0 Å². The third kappa shape index (κ3) is 69.8. The number of esters is 4. The SMILES string of the molecule is CCCCCC/C=C\C=C/CCCCCCCC(=O)O[C@H](COC(=O)CCCCCCCCCCCCCCCCC(C)C)COP(=O)(O)OCC(O)COP(=O)(O)OC[C@@H](COC(=O)CCCCCCCCCCC(C)C)OC(=O)CCCCCCCCCCCC(C)C. The number of aliphatic hydroxyl groups excluding tert-OH is 1. The first-order valence-electron chi connectivity index (χ1n) is 38.7. The summed E-state index contributed by atoms with van der Waals surface area (Å²) in [6, 6.07) is 0. The van der Waals surface area contributed by atoms with Crippen LogP contribution in [-0.4, -0.2) is 96.7 Å². The van der Waals surface area contributed by atoms with Gasteiger partial charge < -0.3 is 33.8 Å². The highest BCUT2D eigenvalue weighted by Crippen LogP contribution is 2.45. The molecular formula is C76H144O17P2. The van der Waals surface area contributed by atoms with Crippen LogP contribution in [-0.2, 0) is 65.4 Å². The molecule has 0 aromatic rings. The van der Waals surface area contributed by atoms with Crippen molar-refractivity contribution in [2.75, 3.05) is 39.6 Å². The zero-order chi connectivity index (χ0) is 70.1. The minimum absolute atomic E-state index is 0.0848. The molecule has 0 aromatic carbocycles. The highest BCUT2D eigenvalue weighted by atomic mass is 31.2. The van der Waals surface area contributed by atoms with Crippen molar-refractivity contribution in [3.63, 3.8) is 0 Å². The molecule has 3 unspecified atom stereocenters. The van der Waals surface area contributed by atoms with Crippen LogP contribution in [0.25, 0.3) is 0 Å². The van der Waals surface area contributed by atoms with Crippen LogP contribution in [0, 0.1) is 17.8 Å². The summed E-state index contributed by atoms with van der Waals surface area (Å²) in [6.45, 7) is 11.8. The number of aliphatic hydroxyl groups is 1. The van der Waals surface area contributed by atoms with Crippen LogP contribution in [0.4, 0.5) is 0 Å². The van der Waals surface area contributed by atoms with Crippen molar-refractivity contribution >= 4 is 39.5 Å². The first kappa shape index (κ1) is 92.5. The van der Waals surface area contributed by atoms with Crippen molar-refractivity contribution in [3.05, 3.63) is 24.3 Å². The van der Waals surface area contributed by atoms with Crippen LogP contribution in [0.5, 0.6) is 0 Å². The van der Waals surface area contributed by atoms with E-state index in [9.17, 15) is 43.2 Å². The summed E-state index contributed by atoms with van der Waals surface area (Å²) in [6.07, 6.45) is 55.0. The van der Waals surface area contributed by atoms with Gasteiger partial charge >= 0.3 is 39.5 Å². The number of ether oxygens (including phenoxy) is 4. The van der Waals surface area contributed by atoms with Crippen LogP contribution in [0.1, 0.15) is 363 Å². The van der Waals surface area contributed by atoms with Gasteiger partial charge in [-0.25, -0.2) is 9.13 Å². The lowest BCUT2D eigenvalue weighted by Gasteiger charge is -2.21. The van der Waals surface area contributed by atoms with E-state index < -0.39 is 97.5 Å². The van der Waals surface area contributed by atoms with Gasteiger partial charge in [0.1, 0.15) is 19.3 Å². The summed E-state index contributed by atoms with van der Waals surface area (Å²) >= 11 is 0. The average molecular weight is 1390 g/mol. The van der Waals surface area contributed by atoms with Crippen molar-refractivity contribution in [1.82, 2.24) is 0 Å². The van der Waals surface area contributed by atoms with E-state index in [0.29, 0.717) is 25.7 Å². The molecule has 0 aliphatic carbocycles. The Morgan fingerprint density at radius 3 is 0.853 bits per heavy atom. The third-order valence-electron chi connectivity index (χ3n) is 17.0. The van der Waals surface area contributed by atoms with E-state index in [1.165, 1.54) is 161 Å². The van der Waals surface area contributed by atoms with Gasteiger partial charge in [-0.1, -0.05) is 310 Å². The molecule has 0 spiro atoms. The zero-order valence-electron chi connectivity index (χ0n) is 61.6. The molecule has 19 heteroatoms. The molecule has 3 N–H and O–H groups in total. The maximum absolute atomic E-state index is 13.1. The van der Waals surface area contributed by atoms with Gasteiger partial charge in [0.25, 0.3) is 0 Å². The Morgan fingerprint density at radius 2 is 0.568 bits per heavy atom. The molecule has 560 valence electrons. The van der Waals surface area contributed by atoms with Crippen molar-refractivity contribution < 1.29 is 80.2 Å². The van der Waals surface area contributed by atoms with Gasteiger partial charge in [-0.2, -0.15) is 0 Å². The summed E-state index contributed by atoms with van der Waals surface area (Å²) in [7, 11) is -9.92. The molecule has 0 rings (SSSR count). The number of hydrogen-bond acceptors (Lipinski definition) is 15. The number of unbranched alkanes of at least 4 members (excludes halogenated alkanes) is 37. The summed E-state index contributed by atoms with van der Waals surface area (Å²) < 4.78 is 68.5. The van der Waals surface area contributed by atoms with Crippen LogP contribution in [0.2, 0.25) is 0 Å². The number of allylic oxidation sites excluding steroid dienone is 4. The minimum atomic E-state index is -4.97. The maximum atomic E-state index is 13.1. The molecule has 0 fully saturated rings. The smallest absolute Gasteiger partial charge is 0.462 e. The lowest BCUT2D eigenvalue weighted by molar-refractivity contribution is -0.161. The molecule has 0 aliphatic rings. The van der Waals surface area contributed by atoms with Crippen LogP contribution < -0.4 is 0 Å². The summed E-state index contributed by atoms with van der Waals surface area (Å²) in [5.41, 5.74) is 0. The predicted molar refractivity (Wildman–Crippen MR) is 386 cm³/mol. The molecule has 0 saturated carbocycles. The predicted octanol–water partition coefficient (Wildman–Crippen LogP) is 21.7. The normalized spacial score (nSPS) is 14.2. The fraction of sp³-hybridized carbons (Fsp3) is 0.895. The maximum Gasteiger partial charge on any atom is 0.472 e. The van der Waals surface area contributed by atoms with Crippen molar-refractivity contribution in [1.29, 1.82) is 0 Å². The Bertz CT molecular complexity index is 1950. The Hall–Kier alpha value is -2.46. The van der Waals surface area contributed by atoms with Gasteiger partial charge in [0.05, 0.1) is 26.4 Å². The van der Waals surface area contributed by atoms with E-state index in [4.69, 9.17) is 37.0 Å². The van der Waals surface area contributed by atoms with Gasteiger partial charge in [-0.3, -0.25) is 37.3 Å². The monoisotopic (exact) mass is 1390 g/mol. The van der Waals surface area contributed by atoms with Crippen LogP contribution in [0.15, 0.2) is 24.3 Å². The third-order valence-corrected chi connectivity index (χ3v) is 18.9. The van der Waals surface area contributed by atoms with E-state index in [0.717, 1.165) is 120 Å². The minimum Gasteiger partial charge on any atom is -0.462 e. The highest BCUT2D eigenvalue weighted by molar-refractivity contribution is 7.47. The lowest BCUT2D eigenvalue weighted by atomic mass is 10.0. The summed E-state index contributed by atoms with van der Waals surface area (Å²) in [5.74, 6) is 0.107. The largest absolute Gasteiger partial charge is 0.472 e. The van der Waals surface area contributed by atoms with E-state index in [-0.39, 0.29) is 25.7 Å². The topological polar surface area (TPSA) is 237 Å². The summed E-state index contributed by atoms with van der Waals surface area (Å²) in [5, 5.41) is 10.6. The molecule has 0 bridgehead atoms. The van der Waals surface area contributed by atoms with E-state index >= 15 is 0 Å². The quantitative estimate of drug-likeness (QED) is 0.0169. The molecule has 95 heavy (non-hydrogen) atoms. The van der Waals surface area contributed by atoms with E-state index in [1.807, 2.05) is 0 Å². The van der Waals surface area contributed by atoms with Gasteiger partial charge in [0, 0.05) is 25.7 Å². The Labute approximate surface area is 580 Å². The number of carbonyl (C=O) groups excluding carboxylic acids is 4. The van der Waals surface area contributed by atoms with Crippen LogP contribution in [0.3, 0.4) is 0 Å². The average Bonchev–Trinajstić information content (AvgIpc) is 1.64. The lowest BCUT2D eigenvalue weighted by Crippen LogP contribution is -2.30. The molecule has 0 amide bonds. The van der Waals surface area contributed by atoms with Crippen molar-refractivity contribution in [3.8, 4) is 0 Å². The number of hydrogen-bond donors (Lipinski definition) is 3. The second-order valence-corrected chi connectivity index (χ2v) is 31.0. The van der Waals surface area contributed by atoms with Crippen LogP contribution >= 0.6 is 15.6 Å². The standard InChI is InChI=1S/C76H144O17P2/c1-8-9-10-11-12-13-14-15-16-21-24-29-38-45-52-59-75(80)92-71(63-86-73(78)57-50-43-36-28-23-20-18-17-19-22-26-33-40-47-54-67(2)3)65-90-94(82,83)88-61-70(77)62-89-95(84,85)91-66-72(64-87-74(79)58-51-44-37-32-31-35-42-49-56-69(6)7)93-76(81)60-53-46-39-30-25-27-34-41-48-55-68(4)5/h13-16,67-72,77H,8-12,17-66H2,1-7H3,(H,82,83)(H,84,85)/b14-13-,16-15-/t70?,71-,72-/m1/s1. The summed E-state index contributed by atoms with van der Waals surface area (Å²) in [4.78, 5) is 72.8. The number of rotatable bonds is 72. The van der Waals surface area contributed by atoms with Gasteiger partial charge in [-0.15, -0.1) is 0 Å². The first-order chi connectivity index (χ1) is 45.7. The second kappa shape index (κ2) is 66.1. The van der Waals surface area contributed by atoms with Gasteiger partial charge in [0.15, 0.2) is 12.2 Å². The zero-order valence-corrected chi connectivity index (χ0v) is 63.4. The molecular weight excluding hydrogens is 1250 g/mol. The van der Waals surface area contributed by atoms with Crippen molar-refractivity contribution in [2.45, 2.75) is 381 Å². The first-order valence-corrected chi connectivity index (χ1v) is 41.7. The number of phosphoric acid groups is 2. The molecule has 0 aromatic heterocycles. The Kier molecular flexibility index (Phi) is 64.4. The molecule has 0 radical (unpaired) electrons. The number of carbonyl (C=O) groups is 4.